The molecule has 0 atom stereocenters. The Morgan fingerprint density at radius 1 is 0.480 bits per heavy atom. The van der Waals surface area contributed by atoms with Crippen LogP contribution in [0.5, 0.6) is 0 Å². The van der Waals surface area contributed by atoms with E-state index in [-0.39, 0.29) is 59.2 Å². The van der Waals surface area contributed by atoms with E-state index in [2.05, 4.69) is 98.2 Å². The molecule has 0 aromatic heterocycles. The van der Waals surface area contributed by atoms with Crippen LogP contribution in [0.1, 0.15) is 0 Å². The van der Waals surface area contributed by atoms with Crippen molar-refractivity contribution >= 4 is 52.4 Å². The van der Waals surface area contributed by atoms with Crippen LogP contribution in [0.2, 0.25) is 110 Å². The summed E-state index contributed by atoms with van der Waals surface area (Å²) in [7, 11) is -5.29. The number of hydrogen-bond acceptors (Lipinski definition) is 0. The first-order chi connectivity index (χ1) is 10.1. The molecular formula is C17H49KSi7. The Balaban J connectivity index is 0. The maximum absolute atomic E-state index is 2.77. The molecule has 146 valence electrons. The summed E-state index contributed by atoms with van der Waals surface area (Å²) >= 11 is 0. The summed E-state index contributed by atoms with van der Waals surface area (Å²) in [6.45, 7) is 40.0. The average molecular weight is 489 g/mol. The van der Waals surface area contributed by atoms with E-state index in [4.69, 9.17) is 0 Å². The summed E-state index contributed by atoms with van der Waals surface area (Å²) in [6.07, 6.45) is 0. The fourth-order valence-corrected chi connectivity index (χ4v) is 147. The van der Waals surface area contributed by atoms with Crippen molar-refractivity contribution in [2.45, 2.75) is 110 Å². The monoisotopic (exact) mass is 488 g/mol. The maximum atomic E-state index is 2.77. The molecule has 0 fully saturated rings. The zero-order chi connectivity index (χ0) is 20.0. The predicted molar refractivity (Wildman–Crippen MR) is 138 cm³/mol. The molecule has 0 radical (unpaired) electrons. The summed E-state index contributed by atoms with van der Waals surface area (Å²) in [5, 5.41) is 0. The van der Waals surface area contributed by atoms with Crippen LogP contribution in [0.25, 0.3) is 0 Å². The fraction of sp³-hybridized carbons (Fsp3) is 1.00. The number of rotatable bonds is 8. The molecule has 8 heteroatoms. The smallest absolute Gasteiger partial charge is 0.255 e. The van der Waals surface area contributed by atoms with Crippen molar-refractivity contribution in [1.82, 2.24) is 0 Å². The Morgan fingerprint density at radius 3 is 0.880 bits per heavy atom. The van der Waals surface area contributed by atoms with E-state index in [1.807, 2.05) is 0 Å². The minimum absolute atomic E-state index is 0. The first-order valence-electron chi connectivity index (χ1n) is 9.96. The third kappa shape index (κ3) is 7.41. The summed E-state index contributed by atoms with van der Waals surface area (Å²) in [5.41, 5.74) is 0. The normalized spacial score (nSPS) is 15.4. The summed E-state index contributed by atoms with van der Waals surface area (Å²) in [6, 6.07) is 3.43. The molecule has 25 heavy (non-hydrogen) atoms. The van der Waals surface area contributed by atoms with Gasteiger partial charge < -0.3 is 0 Å². The Bertz CT molecular complexity index is 367. The molecule has 0 aliphatic carbocycles. The molecule has 0 saturated carbocycles. The molecule has 0 rings (SSSR count). The van der Waals surface area contributed by atoms with Crippen LogP contribution in [0.4, 0.5) is 0 Å². The van der Waals surface area contributed by atoms with Crippen molar-refractivity contribution < 1.29 is 51.4 Å². The quantitative estimate of drug-likeness (QED) is 0.453. The van der Waals surface area contributed by atoms with Gasteiger partial charge in [0.2, 0.25) is 0 Å². The van der Waals surface area contributed by atoms with Gasteiger partial charge in [-0.15, -0.1) is 15.2 Å². The summed E-state index contributed by atoms with van der Waals surface area (Å²) < 4.78 is 0. The molecule has 0 spiro atoms. The van der Waals surface area contributed by atoms with Crippen molar-refractivity contribution in [3.8, 4) is 0 Å². The summed E-state index contributed by atoms with van der Waals surface area (Å²) in [5.74, 6) is 0. The standard InChI is InChI=1S/C17H49Si7.K/c1-19(2,3)18(20(4,5)6)16-17-24(21(7,8)9,22(10,11)12)23(13,14)15;/h16-17H2,1-15H3;/q-1;+1. The maximum Gasteiger partial charge on any atom is 1.00 e. The van der Waals surface area contributed by atoms with Crippen molar-refractivity contribution in [1.29, 1.82) is 0 Å². The third-order valence-corrected chi connectivity index (χ3v) is 112. The van der Waals surface area contributed by atoms with Gasteiger partial charge in [-0.25, -0.2) is 0 Å². The molecule has 0 aliphatic rings. The molecule has 0 aromatic carbocycles. The topological polar surface area (TPSA) is 0 Å². The van der Waals surface area contributed by atoms with Crippen LogP contribution in [0.3, 0.4) is 0 Å². The third-order valence-electron chi connectivity index (χ3n) is 6.40. The van der Waals surface area contributed by atoms with E-state index in [0.717, 1.165) is 0 Å². The second kappa shape index (κ2) is 9.53. The van der Waals surface area contributed by atoms with Gasteiger partial charge in [0.15, 0.2) is 0 Å². The van der Waals surface area contributed by atoms with Gasteiger partial charge in [0.05, 0.1) is 0 Å². The van der Waals surface area contributed by atoms with Gasteiger partial charge in [-0.3, -0.25) is 7.83 Å². The van der Waals surface area contributed by atoms with E-state index < -0.39 is 44.6 Å². The molecule has 0 nitrogen and oxygen atoms in total. The van der Waals surface area contributed by atoms with Gasteiger partial charge in [0.1, 0.15) is 0 Å². The van der Waals surface area contributed by atoms with Crippen LogP contribution >= 0.6 is 0 Å². The first kappa shape index (κ1) is 30.3. The van der Waals surface area contributed by atoms with Crippen LogP contribution in [-0.2, 0) is 0 Å². The molecule has 0 saturated heterocycles. The van der Waals surface area contributed by atoms with Crippen LogP contribution < -0.4 is 51.4 Å². The van der Waals surface area contributed by atoms with Crippen molar-refractivity contribution in [2.75, 3.05) is 0 Å². The van der Waals surface area contributed by atoms with Gasteiger partial charge >= 0.3 is 51.4 Å². The van der Waals surface area contributed by atoms with Crippen molar-refractivity contribution in [2.24, 2.45) is 0 Å². The van der Waals surface area contributed by atoms with Crippen LogP contribution in [-0.4, -0.2) is 52.4 Å². The zero-order valence-electron chi connectivity index (χ0n) is 20.9. The molecule has 0 aromatic rings. The molecule has 0 heterocycles. The zero-order valence-corrected chi connectivity index (χ0v) is 31.0. The largest absolute Gasteiger partial charge is 1.00 e. The predicted octanol–water partition coefficient (Wildman–Crippen LogP) is 4.02. The van der Waals surface area contributed by atoms with Crippen molar-refractivity contribution in [3.05, 3.63) is 0 Å². The first-order valence-corrected chi connectivity index (χ1v) is 36.4. The van der Waals surface area contributed by atoms with E-state index in [1.165, 1.54) is 0 Å². The van der Waals surface area contributed by atoms with E-state index in [1.54, 1.807) is 12.1 Å². The average Bonchev–Trinajstić information content (AvgIpc) is 2.13. The second-order valence-corrected chi connectivity index (χ2v) is 79.2. The second-order valence-electron chi connectivity index (χ2n) is 13.1. The fourth-order valence-electron chi connectivity index (χ4n) is 6.69. The molecular weight excluding hydrogens is 440 g/mol. The van der Waals surface area contributed by atoms with E-state index >= 15 is 0 Å². The van der Waals surface area contributed by atoms with Gasteiger partial charge in [0, 0.05) is 29.4 Å². The molecule has 0 bridgehead atoms. The molecule has 0 amide bonds. The van der Waals surface area contributed by atoms with E-state index in [9.17, 15) is 0 Å². The van der Waals surface area contributed by atoms with Crippen molar-refractivity contribution in [3.63, 3.8) is 0 Å². The van der Waals surface area contributed by atoms with Crippen LogP contribution in [0, 0.1) is 0 Å². The Morgan fingerprint density at radius 2 is 0.720 bits per heavy atom. The Hall–Kier alpha value is 3.15. The molecule has 0 N–H and O–H groups in total. The number of hydrogen-bond donors (Lipinski definition) is 0. The molecule has 0 aliphatic heterocycles. The van der Waals surface area contributed by atoms with Gasteiger partial charge in [0.25, 0.3) is 0 Å². The molecule has 0 unspecified atom stereocenters. The minimum atomic E-state index is -1.13. The SMILES string of the molecule is C[Si](C)(C)[Si-](CC[Si]([Si](C)(C)C)([Si](C)(C)C)[Si](C)(C)C)[Si](C)(C)C.[K+]. The minimum Gasteiger partial charge on any atom is -0.255 e. The Labute approximate surface area is 211 Å². The van der Waals surface area contributed by atoms with E-state index in [0.29, 0.717) is 0 Å². The van der Waals surface area contributed by atoms with Crippen LogP contribution in [0.15, 0.2) is 0 Å². The van der Waals surface area contributed by atoms with Gasteiger partial charge in [-0.1, -0.05) is 104 Å². The van der Waals surface area contributed by atoms with Gasteiger partial charge in [-0.05, 0) is 0 Å². The summed E-state index contributed by atoms with van der Waals surface area (Å²) in [4.78, 5) is 0. The Kier molecular flexibility index (Phi) is 11.6. The van der Waals surface area contributed by atoms with Gasteiger partial charge in [-0.2, -0.15) is 6.04 Å².